The number of carbonyl (C=O) groups excluding carboxylic acids is 1. The molecule has 20 heavy (non-hydrogen) atoms. The van der Waals surface area contributed by atoms with Gasteiger partial charge in [-0.1, -0.05) is 48.5 Å². The molecule has 0 bridgehead atoms. The van der Waals surface area contributed by atoms with Crippen LogP contribution in [0.2, 0.25) is 0 Å². The molecule has 1 aliphatic rings. The number of nitrogens with one attached hydrogen (secondary N) is 1. The van der Waals surface area contributed by atoms with Gasteiger partial charge in [0.25, 0.3) is 0 Å². The van der Waals surface area contributed by atoms with Crippen LogP contribution in [-0.2, 0) is 4.79 Å². The standard InChI is InChI=1S/C17H10N2O/c18-9-15(16(20)10-19)17-13-7-3-1-5-11(13)12-6-2-4-8-14(12)17/h1-8,10,19H. The minimum Gasteiger partial charge on any atom is -0.305 e. The Morgan fingerprint density at radius 3 is 1.80 bits per heavy atom. The highest BCUT2D eigenvalue weighted by molar-refractivity contribution is 6.38. The van der Waals surface area contributed by atoms with Crippen molar-refractivity contribution in [2.45, 2.75) is 0 Å². The molecule has 0 aromatic heterocycles. The summed E-state index contributed by atoms with van der Waals surface area (Å²) in [6.07, 6.45) is 0.690. The summed E-state index contributed by atoms with van der Waals surface area (Å²) in [4.78, 5) is 11.8. The van der Waals surface area contributed by atoms with Gasteiger partial charge in [0, 0.05) is 5.57 Å². The van der Waals surface area contributed by atoms with E-state index in [0.717, 1.165) is 22.3 Å². The Morgan fingerprint density at radius 2 is 1.40 bits per heavy atom. The fourth-order valence-corrected chi connectivity index (χ4v) is 2.59. The zero-order valence-corrected chi connectivity index (χ0v) is 10.6. The fraction of sp³-hybridized carbons (Fsp3) is 0. The number of nitrogens with zero attached hydrogens (tertiary/aromatic N) is 1. The highest BCUT2D eigenvalue weighted by Gasteiger charge is 2.27. The van der Waals surface area contributed by atoms with Crippen LogP contribution in [0.15, 0.2) is 54.1 Å². The molecule has 0 aliphatic heterocycles. The van der Waals surface area contributed by atoms with E-state index in [4.69, 9.17) is 5.41 Å². The van der Waals surface area contributed by atoms with Gasteiger partial charge in [0.1, 0.15) is 11.6 Å². The lowest BCUT2D eigenvalue weighted by molar-refractivity contribution is -0.109. The van der Waals surface area contributed by atoms with Crippen LogP contribution in [0.3, 0.4) is 0 Å². The fourth-order valence-electron chi connectivity index (χ4n) is 2.59. The van der Waals surface area contributed by atoms with Crippen LogP contribution in [0.1, 0.15) is 11.1 Å². The van der Waals surface area contributed by atoms with Crippen LogP contribution in [0.4, 0.5) is 0 Å². The van der Waals surface area contributed by atoms with Crippen LogP contribution in [0, 0.1) is 16.7 Å². The van der Waals surface area contributed by atoms with E-state index in [1.165, 1.54) is 0 Å². The van der Waals surface area contributed by atoms with E-state index >= 15 is 0 Å². The van der Waals surface area contributed by atoms with E-state index in [0.29, 0.717) is 11.8 Å². The Hall–Kier alpha value is -2.99. The Bertz CT molecular complexity index is 762. The normalized spacial score (nSPS) is 11.2. The van der Waals surface area contributed by atoms with Gasteiger partial charge in [-0.3, -0.25) is 4.79 Å². The molecule has 3 nitrogen and oxygen atoms in total. The van der Waals surface area contributed by atoms with E-state index < -0.39 is 5.78 Å². The summed E-state index contributed by atoms with van der Waals surface area (Å²) in [6, 6.07) is 17.3. The second-order valence-corrected chi connectivity index (χ2v) is 4.46. The first-order chi connectivity index (χ1) is 9.77. The first kappa shape index (κ1) is 12.1. The van der Waals surface area contributed by atoms with Gasteiger partial charge in [-0.2, -0.15) is 5.26 Å². The Kier molecular flexibility index (Phi) is 2.77. The summed E-state index contributed by atoms with van der Waals surface area (Å²) in [6.45, 7) is 0. The van der Waals surface area contributed by atoms with Gasteiger partial charge in [-0.25, -0.2) is 0 Å². The molecule has 0 fully saturated rings. The number of hydrogen-bond acceptors (Lipinski definition) is 3. The van der Waals surface area contributed by atoms with Crippen molar-refractivity contribution in [2.24, 2.45) is 0 Å². The van der Waals surface area contributed by atoms with E-state index in [2.05, 4.69) is 0 Å². The number of allylic oxidation sites excluding steroid dienone is 1. The number of carbonyl (C=O) groups is 1. The van der Waals surface area contributed by atoms with E-state index in [1.807, 2.05) is 54.6 Å². The molecule has 2 aromatic carbocycles. The molecule has 3 rings (SSSR count). The summed E-state index contributed by atoms with van der Waals surface area (Å²) in [5, 5.41) is 16.4. The van der Waals surface area contributed by atoms with Gasteiger partial charge in [0.15, 0.2) is 0 Å². The molecule has 3 heteroatoms. The maximum Gasteiger partial charge on any atom is 0.214 e. The SMILES string of the molecule is N#CC(C(=O)C=N)=C1c2ccccc2-c2ccccc21. The largest absolute Gasteiger partial charge is 0.305 e. The Morgan fingerprint density at radius 1 is 0.950 bits per heavy atom. The summed E-state index contributed by atoms with van der Waals surface area (Å²) >= 11 is 0. The van der Waals surface area contributed by atoms with Crippen molar-refractivity contribution in [1.82, 2.24) is 0 Å². The first-order valence-corrected chi connectivity index (χ1v) is 6.16. The topological polar surface area (TPSA) is 64.7 Å². The van der Waals surface area contributed by atoms with Crippen molar-refractivity contribution in [3.63, 3.8) is 0 Å². The molecule has 0 unspecified atom stereocenters. The van der Waals surface area contributed by atoms with Crippen LogP contribution < -0.4 is 0 Å². The van der Waals surface area contributed by atoms with Crippen molar-refractivity contribution >= 4 is 17.6 Å². The van der Waals surface area contributed by atoms with Gasteiger partial charge in [0.2, 0.25) is 5.78 Å². The number of hydrogen-bond donors (Lipinski definition) is 1. The number of Topliss-reactive ketones (excluding diaryl/α,β-unsaturated/α-hetero) is 1. The van der Waals surface area contributed by atoms with E-state index in [-0.39, 0.29) is 5.57 Å². The maximum absolute atomic E-state index is 11.8. The predicted molar refractivity (Wildman–Crippen MR) is 77.3 cm³/mol. The third-order valence-electron chi connectivity index (χ3n) is 3.42. The van der Waals surface area contributed by atoms with Crippen molar-refractivity contribution in [3.8, 4) is 17.2 Å². The lowest BCUT2D eigenvalue weighted by Crippen LogP contribution is -2.04. The molecule has 0 amide bonds. The highest BCUT2D eigenvalue weighted by Crippen LogP contribution is 2.45. The smallest absolute Gasteiger partial charge is 0.214 e. The predicted octanol–water partition coefficient (Wildman–Crippen LogP) is 3.21. The molecule has 0 radical (unpaired) electrons. The number of nitriles is 1. The van der Waals surface area contributed by atoms with Gasteiger partial charge in [0.05, 0.1) is 6.21 Å². The van der Waals surface area contributed by atoms with Crippen LogP contribution >= 0.6 is 0 Å². The third-order valence-corrected chi connectivity index (χ3v) is 3.42. The Labute approximate surface area is 116 Å². The third kappa shape index (κ3) is 1.59. The van der Waals surface area contributed by atoms with Gasteiger partial charge < -0.3 is 5.41 Å². The number of rotatable bonds is 2. The average Bonchev–Trinajstić information content (AvgIpc) is 2.83. The highest BCUT2D eigenvalue weighted by atomic mass is 16.1. The zero-order chi connectivity index (χ0) is 14.1. The first-order valence-electron chi connectivity index (χ1n) is 6.16. The van der Waals surface area contributed by atoms with Crippen LogP contribution in [0.5, 0.6) is 0 Å². The van der Waals surface area contributed by atoms with Crippen molar-refractivity contribution in [1.29, 1.82) is 10.7 Å². The number of benzene rings is 2. The molecule has 1 N–H and O–H groups in total. The van der Waals surface area contributed by atoms with Crippen molar-refractivity contribution in [2.75, 3.05) is 0 Å². The molecule has 0 heterocycles. The molecular weight excluding hydrogens is 248 g/mol. The summed E-state index contributed by atoms with van der Waals surface area (Å²) in [5.74, 6) is -0.561. The minimum atomic E-state index is -0.561. The molecule has 0 atom stereocenters. The lowest BCUT2D eigenvalue weighted by atomic mass is 9.96. The molecule has 0 saturated heterocycles. The second-order valence-electron chi connectivity index (χ2n) is 4.46. The summed E-state index contributed by atoms with van der Waals surface area (Å²) < 4.78 is 0. The lowest BCUT2D eigenvalue weighted by Gasteiger charge is -2.04. The van der Waals surface area contributed by atoms with Crippen molar-refractivity contribution in [3.05, 3.63) is 65.2 Å². The van der Waals surface area contributed by atoms with E-state index in [9.17, 15) is 10.1 Å². The van der Waals surface area contributed by atoms with E-state index in [1.54, 1.807) is 0 Å². The average molecular weight is 258 g/mol. The number of fused-ring (bicyclic) bond motifs is 3. The van der Waals surface area contributed by atoms with Gasteiger partial charge in [-0.15, -0.1) is 0 Å². The monoisotopic (exact) mass is 258 g/mol. The van der Waals surface area contributed by atoms with Gasteiger partial charge in [-0.05, 0) is 22.3 Å². The summed E-state index contributed by atoms with van der Waals surface area (Å²) in [5.41, 5.74) is 4.44. The Balaban J connectivity index is 2.43. The van der Waals surface area contributed by atoms with Crippen molar-refractivity contribution < 1.29 is 4.79 Å². The zero-order valence-electron chi connectivity index (χ0n) is 10.6. The molecule has 0 spiro atoms. The molecule has 94 valence electrons. The molecule has 0 saturated carbocycles. The maximum atomic E-state index is 11.8. The van der Waals surface area contributed by atoms with Crippen LogP contribution in [-0.4, -0.2) is 12.0 Å². The minimum absolute atomic E-state index is 0.0254. The van der Waals surface area contributed by atoms with Crippen LogP contribution in [0.25, 0.3) is 16.7 Å². The second kappa shape index (κ2) is 4.60. The van der Waals surface area contributed by atoms with Gasteiger partial charge >= 0.3 is 0 Å². The summed E-state index contributed by atoms with van der Waals surface area (Å²) in [7, 11) is 0. The number of ketones is 1. The molecule has 1 aliphatic carbocycles. The molecular formula is C17H10N2O. The quantitative estimate of drug-likeness (QED) is 0.435. The molecule has 2 aromatic rings.